The Labute approximate surface area is 296 Å². The molecule has 1 amide bonds. The van der Waals surface area contributed by atoms with E-state index < -0.39 is 5.97 Å². The van der Waals surface area contributed by atoms with Crippen molar-refractivity contribution in [2.45, 2.75) is 206 Å². The van der Waals surface area contributed by atoms with Crippen LogP contribution in [0, 0.1) is 0 Å². The molecule has 278 valence electrons. The van der Waals surface area contributed by atoms with E-state index in [1.165, 1.54) is 83.5 Å². The fraction of sp³-hybridized carbons (Fsp3) is 0.786. The van der Waals surface area contributed by atoms with Gasteiger partial charge in [0.15, 0.2) is 0 Å². The summed E-state index contributed by atoms with van der Waals surface area (Å²) in [5.41, 5.74) is 0. The van der Waals surface area contributed by atoms with Gasteiger partial charge in [0.1, 0.15) is 12.6 Å². The standard InChI is InChI=1S/C42H75NO5/c1-3-5-7-9-11-13-15-16-17-18-20-22-24-29-33-37-42(47)48-39(34-30-26-23-21-19-14-12-10-8-6-4-2)35-31-27-25-28-32-36-40(44)43-38-41(45)46/h5,7,11,13,16-17,39H,3-4,6,8-10,12,14-15,18-38H2,1-2H3,(H,43,44)(H,45,46)/b7-5-,13-11-,17-16-. The van der Waals surface area contributed by atoms with Gasteiger partial charge in [0.05, 0.1) is 0 Å². The predicted octanol–water partition coefficient (Wildman–Crippen LogP) is 12.1. The molecule has 0 bridgehead atoms. The molecule has 0 saturated carbocycles. The molecule has 0 spiro atoms. The lowest BCUT2D eigenvalue weighted by Crippen LogP contribution is -2.28. The predicted molar refractivity (Wildman–Crippen MR) is 203 cm³/mol. The largest absolute Gasteiger partial charge is 0.480 e. The average Bonchev–Trinajstić information content (AvgIpc) is 3.07. The second-order valence-corrected chi connectivity index (χ2v) is 13.5. The second kappa shape index (κ2) is 37.4. The van der Waals surface area contributed by atoms with Crippen LogP contribution in [-0.2, 0) is 19.1 Å². The highest BCUT2D eigenvalue weighted by atomic mass is 16.5. The average molecular weight is 674 g/mol. The van der Waals surface area contributed by atoms with Crippen molar-refractivity contribution >= 4 is 17.8 Å². The second-order valence-electron chi connectivity index (χ2n) is 13.5. The number of aliphatic carboxylic acids is 1. The number of carbonyl (C=O) groups excluding carboxylic acids is 2. The summed E-state index contributed by atoms with van der Waals surface area (Å²) >= 11 is 0. The van der Waals surface area contributed by atoms with Crippen LogP contribution >= 0.6 is 0 Å². The van der Waals surface area contributed by atoms with Crippen LogP contribution in [0.1, 0.15) is 200 Å². The first kappa shape index (κ1) is 45.6. The van der Waals surface area contributed by atoms with E-state index in [2.05, 4.69) is 55.6 Å². The number of esters is 1. The Hall–Kier alpha value is -2.37. The van der Waals surface area contributed by atoms with Crippen molar-refractivity contribution in [2.24, 2.45) is 0 Å². The van der Waals surface area contributed by atoms with Crippen LogP contribution in [0.2, 0.25) is 0 Å². The number of carboxylic acid groups (broad SMARTS) is 1. The van der Waals surface area contributed by atoms with E-state index in [0.717, 1.165) is 89.9 Å². The Kier molecular flexibility index (Phi) is 35.6. The van der Waals surface area contributed by atoms with Crippen LogP contribution in [0.4, 0.5) is 0 Å². The Balaban J connectivity index is 4.19. The van der Waals surface area contributed by atoms with Gasteiger partial charge in [0.25, 0.3) is 0 Å². The molecule has 0 aliphatic heterocycles. The van der Waals surface area contributed by atoms with Gasteiger partial charge in [-0.15, -0.1) is 0 Å². The SMILES string of the molecule is CC/C=C\C/C=C\C/C=C\CCCCCCCC(=O)OC(CCCCCCCCCCCCC)CCCCCCCC(=O)NCC(=O)O. The molecule has 0 radical (unpaired) electrons. The van der Waals surface area contributed by atoms with Crippen LogP contribution in [0.5, 0.6) is 0 Å². The van der Waals surface area contributed by atoms with E-state index in [1.54, 1.807) is 0 Å². The number of hydrogen-bond acceptors (Lipinski definition) is 4. The molecule has 0 heterocycles. The summed E-state index contributed by atoms with van der Waals surface area (Å²) in [5, 5.41) is 11.1. The molecular weight excluding hydrogens is 598 g/mol. The highest BCUT2D eigenvalue weighted by Gasteiger charge is 2.14. The number of allylic oxidation sites excluding steroid dienone is 6. The maximum atomic E-state index is 12.7. The third-order valence-corrected chi connectivity index (χ3v) is 8.83. The Morgan fingerprint density at radius 2 is 1.02 bits per heavy atom. The molecule has 0 aromatic carbocycles. The Bertz CT molecular complexity index is 834. The first-order valence-corrected chi connectivity index (χ1v) is 20.1. The van der Waals surface area contributed by atoms with E-state index in [9.17, 15) is 14.4 Å². The van der Waals surface area contributed by atoms with E-state index in [0.29, 0.717) is 12.8 Å². The highest BCUT2D eigenvalue weighted by Crippen LogP contribution is 2.19. The third-order valence-electron chi connectivity index (χ3n) is 8.83. The molecule has 6 nitrogen and oxygen atoms in total. The van der Waals surface area contributed by atoms with E-state index in [1.807, 2.05) is 0 Å². The van der Waals surface area contributed by atoms with Gasteiger partial charge >= 0.3 is 11.9 Å². The van der Waals surface area contributed by atoms with Crippen LogP contribution < -0.4 is 5.32 Å². The normalized spacial score (nSPS) is 12.4. The van der Waals surface area contributed by atoms with Crippen molar-refractivity contribution in [1.82, 2.24) is 5.32 Å². The molecule has 0 rings (SSSR count). The molecular formula is C42H75NO5. The molecule has 2 N–H and O–H groups in total. The van der Waals surface area contributed by atoms with Crippen LogP contribution in [0.25, 0.3) is 0 Å². The van der Waals surface area contributed by atoms with Crippen LogP contribution in [0.15, 0.2) is 36.5 Å². The summed E-state index contributed by atoms with van der Waals surface area (Å²) in [6.45, 7) is 4.11. The fourth-order valence-corrected chi connectivity index (χ4v) is 5.88. The molecule has 0 aromatic rings. The first-order valence-electron chi connectivity index (χ1n) is 20.1. The van der Waals surface area contributed by atoms with Gasteiger partial charge in [-0.25, -0.2) is 0 Å². The number of unbranched alkanes of at least 4 members (excludes halogenated alkanes) is 19. The zero-order chi connectivity index (χ0) is 35.2. The van der Waals surface area contributed by atoms with Crippen molar-refractivity contribution in [1.29, 1.82) is 0 Å². The number of ether oxygens (including phenoxy) is 1. The van der Waals surface area contributed by atoms with Gasteiger partial charge in [-0.3, -0.25) is 14.4 Å². The van der Waals surface area contributed by atoms with Gasteiger partial charge in [-0.05, 0) is 70.6 Å². The van der Waals surface area contributed by atoms with E-state index >= 15 is 0 Å². The van der Waals surface area contributed by atoms with Gasteiger partial charge in [-0.2, -0.15) is 0 Å². The lowest BCUT2D eigenvalue weighted by Gasteiger charge is -2.18. The maximum Gasteiger partial charge on any atom is 0.322 e. The van der Waals surface area contributed by atoms with Crippen LogP contribution in [0.3, 0.4) is 0 Å². The fourth-order valence-electron chi connectivity index (χ4n) is 5.88. The third kappa shape index (κ3) is 36.5. The van der Waals surface area contributed by atoms with Gasteiger partial charge in [0.2, 0.25) is 5.91 Å². The van der Waals surface area contributed by atoms with Crippen molar-refractivity contribution < 1.29 is 24.2 Å². The topological polar surface area (TPSA) is 92.7 Å². The van der Waals surface area contributed by atoms with E-state index in [4.69, 9.17) is 9.84 Å². The molecule has 48 heavy (non-hydrogen) atoms. The number of carboxylic acids is 1. The smallest absolute Gasteiger partial charge is 0.322 e. The molecule has 0 aromatic heterocycles. The number of hydrogen-bond donors (Lipinski definition) is 2. The molecule has 0 saturated heterocycles. The number of nitrogens with one attached hydrogen (secondary N) is 1. The lowest BCUT2D eigenvalue weighted by atomic mass is 10.0. The summed E-state index contributed by atoms with van der Waals surface area (Å²) < 4.78 is 6.01. The van der Waals surface area contributed by atoms with Gasteiger partial charge in [0, 0.05) is 12.8 Å². The summed E-state index contributed by atoms with van der Waals surface area (Å²) in [6, 6.07) is 0. The van der Waals surface area contributed by atoms with Crippen molar-refractivity contribution in [3.8, 4) is 0 Å². The van der Waals surface area contributed by atoms with Gasteiger partial charge < -0.3 is 15.2 Å². The minimum Gasteiger partial charge on any atom is -0.480 e. The summed E-state index contributed by atoms with van der Waals surface area (Å²) in [5.74, 6) is -1.24. The van der Waals surface area contributed by atoms with Crippen molar-refractivity contribution in [2.75, 3.05) is 6.54 Å². The monoisotopic (exact) mass is 674 g/mol. The lowest BCUT2D eigenvalue weighted by molar-refractivity contribution is -0.150. The Morgan fingerprint density at radius 1 is 0.562 bits per heavy atom. The summed E-state index contributed by atoms with van der Waals surface area (Å²) in [7, 11) is 0. The van der Waals surface area contributed by atoms with Crippen molar-refractivity contribution in [3.63, 3.8) is 0 Å². The van der Waals surface area contributed by atoms with E-state index in [-0.39, 0.29) is 24.5 Å². The number of carbonyl (C=O) groups is 3. The highest BCUT2D eigenvalue weighted by molar-refractivity contribution is 5.80. The van der Waals surface area contributed by atoms with Crippen LogP contribution in [-0.4, -0.2) is 35.6 Å². The summed E-state index contributed by atoms with van der Waals surface area (Å²) in [4.78, 5) is 34.9. The molecule has 1 unspecified atom stereocenters. The Morgan fingerprint density at radius 3 is 1.56 bits per heavy atom. The molecule has 0 fully saturated rings. The zero-order valence-electron chi connectivity index (χ0n) is 31.3. The minimum absolute atomic E-state index is 0.0206. The number of rotatable bonds is 36. The number of amides is 1. The minimum atomic E-state index is -1.02. The maximum absolute atomic E-state index is 12.7. The summed E-state index contributed by atoms with van der Waals surface area (Å²) in [6.07, 6.45) is 45.4. The molecule has 0 aliphatic carbocycles. The molecule has 6 heteroatoms. The zero-order valence-corrected chi connectivity index (χ0v) is 31.3. The van der Waals surface area contributed by atoms with Gasteiger partial charge in [-0.1, -0.05) is 153 Å². The first-order chi connectivity index (χ1) is 23.5. The quantitative estimate of drug-likeness (QED) is 0.0392. The van der Waals surface area contributed by atoms with Crippen molar-refractivity contribution in [3.05, 3.63) is 36.5 Å². The molecule has 1 atom stereocenters. The molecule has 0 aliphatic rings.